The summed E-state index contributed by atoms with van der Waals surface area (Å²) in [6.45, 7) is 0. The van der Waals surface area contributed by atoms with E-state index < -0.39 is 22.8 Å². The Bertz CT molecular complexity index is 1270. The number of benzene rings is 3. The van der Waals surface area contributed by atoms with Gasteiger partial charge < -0.3 is 10.6 Å². The molecule has 3 aromatic carbocycles. The fourth-order valence-electron chi connectivity index (χ4n) is 3.10. The summed E-state index contributed by atoms with van der Waals surface area (Å²) in [7, 11) is 0. The molecule has 0 atom stereocenters. The van der Waals surface area contributed by atoms with E-state index in [0.717, 1.165) is 17.7 Å². The summed E-state index contributed by atoms with van der Waals surface area (Å²) >= 11 is 5.61. The first-order chi connectivity index (χ1) is 15.7. The van der Waals surface area contributed by atoms with Crippen LogP contribution in [0.5, 0.6) is 0 Å². The molecule has 0 bridgehead atoms. The number of rotatable bonds is 4. The first-order valence-corrected chi connectivity index (χ1v) is 9.74. The van der Waals surface area contributed by atoms with E-state index >= 15 is 0 Å². The highest BCUT2D eigenvalue weighted by Gasteiger charge is 2.33. The largest absolute Gasteiger partial charge is 0.417 e. The number of amides is 2. The lowest BCUT2D eigenvalue weighted by molar-refractivity contribution is -0.546. The molecule has 33 heavy (non-hydrogen) atoms. The van der Waals surface area contributed by atoms with Crippen molar-refractivity contribution in [2.45, 2.75) is 6.18 Å². The molecule has 1 aliphatic rings. The van der Waals surface area contributed by atoms with Crippen LogP contribution in [0.4, 0.5) is 33.7 Å². The van der Waals surface area contributed by atoms with Gasteiger partial charge in [-0.2, -0.15) is 13.2 Å². The van der Waals surface area contributed by atoms with Crippen LogP contribution >= 0.6 is 11.6 Å². The van der Waals surface area contributed by atoms with E-state index in [-0.39, 0.29) is 11.5 Å². The van der Waals surface area contributed by atoms with Gasteiger partial charge in [0.25, 0.3) is 5.84 Å². The van der Waals surface area contributed by atoms with Gasteiger partial charge in [0, 0.05) is 10.9 Å². The lowest BCUT2D eigenvalue weighted by Crippen LogP contribution is -2.80. The summed E-state index contributed by atoms with van der Waals surface area (Å²) in [5.41, 5.74) is 2.44. The van der Waals surface area contributed by atoms with E-state index in [1.54, 1.807) is 30.3 Å². The number of quaternary nitrogens is 1. The molecule has 0 spiro atoms. The Kier molecular flexibility index (Phi) is 6.07. The van der Waals surface area contributed by atoms with E-state index in [2.05, 4.69) is 26.2 Å². The van der Waals surface area contributed by atoms with E-state index in [4.69, 9.17) is 11.6 Å². The summed E-state index contributed by atoms with van der Waals surface area (Å²) in [4.78, 5) is 12.5. The maximum absolute atomic E-state index is 13.3. The molecule has 1 heterocycles. The number of halogens is 5. The van der Waals surface area contributed by atoms with Gasteiger partial charge in [-0.15, -0.1) is 5.43 Å². The smallest absolute Gasteiger partial charge is 0.308 e. The normalized spacial score (nSPS) is 13.1. The average molecular weight is 478 g/mol. The minimum Gasteiger partial charge on any atom is -0.308 e. The Hall–Kier alpha value is -3.83. The van der Waals surface area contributed by atoms with Gasteiger partial charge in [0.05, 0.1) is 27.1 Å². The highest BCUT2D eigenvalue weighted by atomic mass is 35.5. The number of carbonyl (C=O) groups excluding carboxylic acids is 1. The second kappa shape index (κ2) is 8.96. The molecule has 12 heteroatoms. The highest BCUT2D eigenvalue weighted by Crippen LogP contribution is 2.36. The Morgan fingerprint density at radius 3 is 2.33 bits per heavy atom. The van der Waals surface area contributed by atoms with E-state index in [0.29, 0.717) is 22.6 Å². The number of nitrogens with one attached hydrogen (secondary N) is 2. The first-order valence-electron chi connectivity index (χ1n) is 9.37. The zero-order chi connectivity index (χ0) is 23.6. The Morgan fingerprint density at radius 2 is 1.67 bits per heavy atom. The summed E-state index contributed by atoms with van der Waals surface area (Å²) in [5, 5.41) is 15.6. The fraction of sp³-hybridized carbons (Fsp3) is 0.0476. The van der Waals surface area contributed by atoms with Crippen LogP contribution in [0.1, 0.15) is 11.1 Å². The number of nitrogens with two attached hydrogens (primary N) is 1. The van der Waals surface area contributed by atoms with Crippen molar-refractivity contribution in [3.8, 4) is 11.1 Å². The third kappa shape index (κ3) is 5.16. The molecule has 168 valence electrons. The molecule has 0 saturated heterocycles. The molecule has 0 aromatic heterocycles. The molecule has 0 aliphatic carbocycles. The molecule has 0 fully saturated rings. The van der Waals surface area contributed by atoms with Crippen LogP contribution < -0.4 is 16.1 Å². The lowest BCUT2D eigenvalue weighted by atomic mass is 10.0. The predicted octanol–water partition coefficient (Wildman–Crippen LogP) is 5.41. The third-order valence-electron chi connectivity index (χ3n) is 4.64. The minimum atomic E-state index is -4.67. The maximum atomic E-state index is 13.3. The van der Waals surface area contributed by atoms with Crippen LogP contribution in [0.2, 0.25) is 5.02 Å². The second-order valence-electron chi connectivity index (χ2n) is 6.86. The maximum Gasteiger partial charge on any atom is 0.417 e. The zero-order valence-electron chi connectivity index (χ0n) is 16.5. The van der Waals surface area contributed by atoms with Crippen LogP contribution in [-0.2, 0) is 6.18 Å². The topological polar surface area (TPSA) is 94.8 Å². The molecule has 0 radical (unpaired) electrons. The van der Waals surface area contributed by atoms with Crippen molar-refractivity contribution in [2.24, 2.45) is 15.5 Å². The Balaban J connectivity index is 1.60. The van der Waals surface area contributed by atoms with Crippen LogP contribution in [0, 0.1) is 5.82 Å². The minimum absolute atomic E-state index is 0.0940. The first kappa shape index (κ1) is 22.4. The number of carbonyl (C=O) groups is 1. The van der Waals surface area contributed by atoms with Crippen molar-refractivity contribution in [1.82, 2.24) is 0 Å². The summed E-state index contributed by atoms with van der Waals surface area (Å²) in [6.07, 6.45) is -4.67. The van der Waals surface area contributed by atoms with Crippen molar-refractivity contribution in [3.63, 3.8) is 0 Å². The number of hydrogen-bond donors (Lipinski definition) is 3. The van der Waals surface area contributed by atoms with Crippen molar-refractivity contribution in [2.75, 3.05) is 10.6 Å². The van der Waals surface area contributed by atoms with Crippen LogP contribution in [-0.4, -0.2) is 11.9 Å². The van der Waals surface area contributed by atoms with Crippen molar-refractivity contribution < 1.29 is 27.8 Å². The molecule has 3 aromatic rings. The molecular formula is C21H14ClF4N6O+. The second-order valence-corrected chi connectivity index (χ2v) is 7.27. The molecular weight excluding hydrogens is 464 g/mol. The van der Waals surface area contributed by atoms with Gasteiger partial charge in [-0.1, -0.05) is 34.9 Å². The Morgan fingerprint density at radius 1 is 0.939 bits per heavy atom. The van der Waals surface area contributed by atoms with Gasteiger partial charge in [-0.05, 0) is 53.6 Å². The molecule has 4 N–H and O–H groups in total. The SMILES string of the molecule is O=C(Nc1ccc(Cl)c(C(F)(F)F)c1)Nc1ccc(-c2ccc(F)cc2)cc1C1=NN=N[NH2+]1. The molecule has 7 nitrogen and oxygen atoms in total. The zero-order valence-corrected chi connectivity index (χ0v) is 17.2. The quantitative estimate of drug-likeness (QED) is 0.340. The standard InChI is InChI=1S/C21H13ClF4N6O/c22-17-7-6-14(10-16(17)21(24,25)26)27-20(33)28-18-8-3-12(11-1-4-13(23)5-2-11)9-15(18)19-29-31-32-30-19/h1-10H,(H2,27,28,33)(H,29,30,31,32)/p+1. The number of amidine groups is 1. The van der Waals surface area contributed by atoms with E-state index in [1.165, 1.54) is 23.6 Å². The monoisotopic (exact) mass is 477 g/mol. The molecule has 0 unspecified atom stereocenters. The third-order valence-corrected chi connectivity index (χ3v) is 4.96. The number of nitrogens with zero attached hydrogens (tertiary/aromatic N) is 3. The number of anilines is 2. The van der Waals surface area contributed by atoms with Gasteiger partial charge in [0.2, 0.25) is 0 Å². The lowest BCUT2D eigenvalue weighted by Gasteiger charge is -2.14. The summed E-state index contributed by atoms with van der Waals surface area (Å²) in [5.74, 6) is -0.0176. The summed E-state index contributed by atoms with van der Waals surface area (Å²) < 4.78 is 52.5. The number of hydrogen-bond acceptors (Lipinski definition) is 4. The summed E-state index contributed by atoms with van der Waals surface area (Å²) in [6, 6.07) is 13.1. The molecule has 2 amide bonds. The number of alkyl halides is 3. The van der Waals surface area contributed by atoms with Crippen LogP contribution in [0.15, 0.2) is 76.2 Å². The number of urea groups is 1. The van der Waals surface area contributed by atoms with Crippen molar-refractivity contribution >= 4 is 34.8 Å². The van der Waals surface area contributed by atoms with Crippen LogP contribution in [0.3, 0.4) is 0 Å². The molecule has 4 rings (SSSR count). The van der Waals surface area contributed by atoms with Crippen molar-refractivity contribution in [1.29, 1.82) is 0 Å². The van der Waals surface area contributed by atoms with Crippen LogP contribution in [0.25, 0.3) is 11.1 Å². The van der Waals surface area contributed by atoms with Gasteiger partial charge in [0.15, 0.2) is 0 Å². The van der Waals surface area contributed by atoms with Gasteiger partial charge in [-0.25, -0.2) is 9.18 Å². The predicted molar refractivity (Wildman–Crippen MR) is 114 cm³/mol. The fourth-order valence-corrected chi connectivity index (χ4v) is 3.32. The van der Waals surface area contributed by atoms with Gasteiger partial charge >= 0.3 is 12.2 Å². The Labute approximate surface area is 189 Å². The average Bonchev–Trinajstić information content (AvgIpc) is 3.30. The molecule has 1 aliphatic heterocycles. The van der Waals surface area contributed by atoms with Crippen molar-refractivity contribution in [3.05, 3.63) is 82.6 Å². The highest BCUT2D eigenvalue weighted by molar-refractivity contribution is 6.31. The van der Waals surface area contributed by atoms with Gasteiger partial charge in [0.1, 0.15) is 5.82 Å². The molecule has 0 saturated carbocycles. The van der Waals surface area contributed by atoms with E-state index in [1.807, 2.05) is 0 Å². The van der Waals surface area contributed by atoms with Gasteiger partial charge in [-0.3, -0.25) is 0 Å². The van der Waals surface area contributed by atoms with E-state index in [9.17, 15) is 22.4 Å².